The molecule has 1 aliphatic heterocycles. The average molecular weight is 461 g/mol. The summed E-state index contributed by atoms with van der Waals surface area (Å²) in [6.45, 7) is 2.75. The fourth-order valence-corrected chi connectivity index (χ4v) is 3.77. The predicted molar refractivity (Wildman–Crippen MR) is 122 cm³/mol. The molecular weight excluding hydrogens is 435 g/mol. The zero-order valence-corrected chi connectivity index (χ0v) is 18.5. The van der Waals surface area contributed by atoms with E-state index in [0.29, 0.717) is 42.2 Å². The van der Waals surface area contributed by atoms with Crippen molar-refractivity contribution >= 4 is 40.8 Å². The zero-order chi connectivity index (χ0) is 23.1. The van der Waals surface area contributed by atoms with Gasteiger partial charge in [0.05, 0.1) is 10.7 Å². The molecule has 3 N–H and O–H groups in total. The van der Waals surface area contributed by atoms with Crippen LogP contribution in [-0.2, 0) is 16.1 Å². The maximum atomic E-state index is 13.0. The van der Waals surface area contributed by atoms with Crippen molar-refractivity contribution in [2.24, 2.45) is 0 Å². The van der Waals surface area contributed by atoms with Gasteiger partial charge in [-0.15, -0.1) is 0 Å². The highest BCUT2D eigenvalue weighted by atomic mass is 35.5. The van der Waals surface area contributed by atoms with Gasteiger partial charge in [-0.3, -0.25) is 9.59 Å². The zero-order valence-electron chi connectivity index (χ0n) is 17.8. The lowest BCUT2D eigenvalue weighted by Gasteiger charge is -2.20. The number of carbonyl (C=O) groups is 3. The van der Waals surface area contributed by atoms with Gasteiger partial charge in [0.1, 0.15) is 11.9 Å². The lowest BCUT2D eigenvalue weighted by Crippen LogP contribution is -2.47. The molecule has 0 aliphatic carbocycles. The first kappa shape index (κ1) is 23.5. The number of anilines is 2. The molecule has 0 saturated carbocycles. The van der Waals surface area contributed by atoms with E-state index < -0.39 is 12.1 Å². The maximum Gasteiger partial charge on any atom is 0.315 e. The Morgan fingerprint density at radius 1 is 1.19 bits per heavy atom. The van der Waals surface area contributed by atoms with Crippen LogP contribution < -0.4 is 20.9 Å². The van der Waals surface area contributed by atoms with E-state index in [1.807, 2.05) is 6.92 Å². The number of halogens is 2. The molecule has 1 aliphatic rings. The molecule has 32 heavy (non-hydrogen) atoms. The van der Waals surface area contributed by atoms with Gasteiger partial charge in [-0.1, -0.05) is 37.1 Å². The van der Waals surface area contributed by atoms with Crippen molar-refractivity contribution in [3.8, 4) is 0 Å². The van der Waals surface area contributed by atoms with Crippen LogP contribution in [0.2, 0.25) is 5.02 Å². The van der Waals surface area contributed by atoms with Crippen molar-refractivity contribution in [1.29, 1.82) is 0 Å². The molecule has 1 saturated heterocycles. The monoisotopic (exact) mass is 460 g/mol. The Bertz CT molecular complexity index is 984. The van der Waals surface area contributed by atoms with E-state index in [1.165, 1.54) is 12.1 Å². The Morgan fingerprint density at radius 3 is 2.56 bits per heavy atom. The first-order valence-electron chi connectivity index (χ1n) is 10.6. The summed E-state index contributed by atoms with van der Waals surface area (Å²) in [5.74, 6) is -0.689. The second-order valence-corrected chi connectivity index (χ2v) is 8.01. The molecule has 9 heteroatoms. The predicted octanol–water partition coefficient (Wildman–Crippen LogP) is 4.21. The molecule has 2 aromatic rings. The Morgan fingerprint density at radius 2 is 1.94 bits per heavy atom. The van der Waals surface area contributed by atoms with E-state index in [1.54, 1.807) is 35.2 Å². The summed E-state index contributed by atoms with van der Waals surface area (Å²) in [4.78, 5) is 38.6. The maximum absolute atomic E-state index is 13.0. The smallest absolute Gasteiger partial charge is 0.315 e. The van der Waals surface area contributed by atoms with Crippen LogP contribution in [0.15, 0.2) is 42.5 Å². The van der Waals surface area contributed by atoms with Gasteiger partial charge in [0, 0.05) is 25.2 Å². The fraction of sp³-hybridized carbons (Fsp3) is 0.348. The van der Waals surface area contributed by atoms with Gasteiger partial charge in [0.15, 0.2) is 0 Å². The van der Waals surface area contributed by atoms with Crippen molar-refractivity contribution < 1.29 is 18.8 Å². The number of nitrogens with one attached hydrogen (secondary N) is 3. The highest BCUT2D eigenvalue weighted by molar-refractivity contribution is 6.34. The summed E-state index contributed by atoms with van der Waals surface area (Å²) in [7, 11) is 0. The minimum atomic E-state index is -0.744. The van der Waals surface area contributed by atoms with Gasteiger partial charge >= 0.3 is 6.03 Å². The lowest BCUT2D eigenvalue weighted by atomic mass is 10.1. The molecule has 3 rings (SSSR count). The van der Waals surface area contributed by atoms with E-state index in [-0.39, 0.29) is 24.2 Å². The summed E-state index contributed by atoms with van der Waals surface area (Å²) in [5.41, 5.74) is 1.84. The Labute approximate surface area is 191 Å². The Balaban J connectivity index is 1.58. The second kappa shape index (κ2) is 10.9. The first-order chi connectivity index (χ1) is 15.4. The summed E-state index contributed by atoms with van der Waals surface area (Å²) in [6, 6.07) is 9.54. The highest BCUT2D eigenvalue weighted by Gasteiger charge is 2.24. The molecule has 7 nitrogen and oxygen atoms in total. The SMILES string of the molecule is CCC[C@H](NC(=O)NCc1ccc(F)cc1)C(=O)Nc1ccc(N2CCCC2=O)c(Cl)c1. The molecule has 1 atom stereocenters. The Kier molecular flexibility index (Phi) is 8.05. The number of hydrogen-bond donors (Lipinski definition) is 3. The second-order valence-electron chi connectivity index (χ2n) is 7.60. The third-order valence-corrected chi connectivity index (χ3v) is 5.45. The van der Waals surface area contributed by atoms with E-state index in [0.717, 1.165) is 12.0 Å². The van der Waals surface area contributed by atoms with Gasteiger partial charge in [-0.2, -0.15) is 0 Å². The van der Waals surface area contributed by atoms with Crippen LogP contribution in [0.3, 0.4) is 0 Å². The largest absolute Gasteiger partial charge is 0.334 e. The molecule has 0 aromatic heterocycles. The molecule has 1 fully saturated rings. The highest BCUT2D eigenvalue weighted by Crippen LogP contribution is 2.31. The van der Waals surface area contributed by atoms with Crippen molar-refractivity contribution in [2.45, 2.75) is 45.2 Å². The number of amides is 4. The molecule has 4 amide bonds. The number of urea groups is 1. The van der Waals surface area contributed by atoms with Crippen LogP contribution in [-0.4, -0.2) is 30.4 Å². The quantitative estimate of drug-likeness (QED) is 0.551. The molecule has 1 heterocycles. The average Bonchev–Trinajstić information content (AvgIpc) is 3.18. The summed E-state index contributed by atoms with van der Waals surface area (Å²) in [6.07, 6.45) is 2.43. The van der Waals surface area contributed by atoms with Crippen molar-refractivity contribution in [2.75, 3.05) is 16.8 Å². The summed E-state index contributed by atoms with van der Waals surface area (Å²) >= 11 is 6.34. The molecule has 0 bridgehead atoms. The fourth-order valence-electron chi connectivity index (χ4n) is 3.49. The van der Waals surface area contributed by atoms with Crippen molar-refractivity contribution in [1.82, 2.24) is 10.6 Å². The lowest BCUT2D eigenvalue weighted by molar-refractivity contribution is -0.118. The van der Waals surface area contributed by atoms with Crippen LogP contribution in [0.1, 0.15) is 38.2 Å². The Hall–Kier alpha value is -3.13. The van der Waals surface area contributed by atoms with E-state index >= 15 is 0 Å². The molecule has 2 aromatic carbocycles. The van der Waals surface area contributed by atoms with Crippen LogP contribution in [0.5, 0.6) is 0 Å². The van der Waals surface area contributed by atoms with E-state index in [9.17, 15) is 18.8 Å². The van der Waals surface area contributed by atoms with Crippen molar-refractivity contribution in [3.63, 3.8) is 0 Å². The molecule has 170 valence electrons. The summed E-state index contributed by atoms with van der Waals surface area (Å²) in [5, 5.41) is 8.48. The molecule has 0 spiro atoms. The van der Waals surface area contributed by atoms with Crippen molar-refractivity contribution in [3.05, 3.63) is 58.9 Å². The van der Waals surface area contributed by atoms with Gasteiger partial charge in [0.2, 0.25) is 11.8 Å². The molecular formula is C23H26ClFN4O3. The number of nitrogens with zero attached hydrogens (tertiary/aromatic N) is 1. The first-order valence-corrected chi connectivity index (χ1v) is 10.9. The molecule has 0 radical (unpaired) electrons. The van der Waals surface area contributed by atoms with E-state index in [2.05, 4.69) is 16.0 Å². The third-order valence-electron chi connectivity index (χ3n) is 5.14. The normalized spacial score (nSPS) is 14.2. The standard InChI is InChI=1S/C23H26ClFN4O3/c1-2-4-19(28-23(32)26-14-15-6-8-16(25)9-7-15)22(31)27-17-10-11-20(18(24)13-17)29-12-3-5-21(29)30/h6-11,13,19H,2-5,12,14H2,1H3,(H,27,31)(H2,26,28,32)/t19-/m0/s1. The van der Waals surface area contributed by atoms with Crippen LogP contribution in [0, 0.1) is 5.82 Å². The van der Waals surface area contributed by atoms with Crippen LogP contribution in [0.4, 0.5) is 20.6 Å². The minimum Gasteiger partial charge on any atom is -0.334 e. The number of rotatable bonds is 8. The van der Waals surface area contributed by atoms with Crippen LogP contribution in [0.25, 0.3) is 0 Å². The topological polar surface area (TPSA) is 90.5 Å². The van der Waals surface area contributed by atoms with E-state index in [4.69, 9.17) is 11.6 Å². The number of hydrogen-bond acceptors (Lipinski definition) is 3. The number of carbonyl (C=O) groups excluding carboxylic acids is 3. The number of benzene rings is 2. The third kappa shape index (κ3) is 6.20. The summed E-state index contributed by atoms with van der Waals surface area (Å²) < 4.78 is 13.0. The van der Waals surface area contributed by atoms with Gasteiger partial charge in [-0.05, 0) is 48.7 Å². The minimum absolute atomic E-state index is 0.0301. The van der Waals surface area contributed by atoms with Gasteiger partial charge < -0.3 is 20.9 Å². The van der Waals surface area contributed by atoms with Gasteiger partial charge in [-0.25, -0.2) is 9.18 Å². The van der Waals surface area contributed by atoms with Gasteiger partial charge in [0.25, 0.3) is 0 Å². The molecule has 0 unspecified atom stereocenters. The van der Waals surface area contributed by atoms with Crippen LogP contribution >= 0.6 is 11.6 Å².